The Morgan fingerprint density at radius 1 is 1.35 bits per heavy atom. The van der Waals surface area contributed by atoms with Crippen molar-refractivity contribution in [3.63, 3.8) is 0 Å². The molecule has 0 aliphatic carbocycles. The van der Waals surface area contributed by atoms with Gasteiger partial charge in [-0.3, -0.25) is 15.5 Å². The van der Waals surface area contributed by atoms with Crippen LogP contribution in [0.25, 0.3) is 0 Å². The Kier molecular flexibility index (Phi) is 5.59. The van der Waals surface area contributed by atoms with Crippen molar-refractivity contribution in [1.82, 2.24) is 5.43 Å². The van der Waals surface area contributed by atoms with Gasteiger partial charge in [0.1, 0.15) is 12.4 Å². The van der Waals surface area contributed by atoms with Gasteiger partial charge in [0.2, 0.25) is 0 Å². The molecule has 23 heavy (non-hydrogen) atoms. The fourth-order valence-corrected chi connectivity index (χ4v) is 1.79. The molecule has 0 unspecified atom stereocenters. The second-order valence-corrected chi connectivity index (χ2v) is 4.96. The number of nitro benzene ring substituents is 1. The highest BCUT2D eigenvalue weighted by Crippen LogP contribution is 2.16. The van der Waals surface area contributed by atoms with Gasteiger partial charge in [0, 0.05) is 12.1 Å². The lowest BCUT2D eigenvalue weighted by molar-refractivity contribution is -0.384. The molecule has 0 fully saturated rings. The largest absolute Gasteiger partial charge is 0.489 e. The number of ether oxygens (including phenoxy) is 1. The number of thiocarbonyl (C=S) groups is 1. The molecule has 7 nitrogen and oxygen atoms in total. The molecule has 0 bridgehead atoms. The number of nitrogens with zero attached hydrogens (tertiary/aromatic N) is 2. The molecule has 3 N–H and O–H groups in total. The molecule has 0 aromatic heterocycles. The summed E-state index contributed by atoms with van der Waals surface area (Å²) in [7, 11) is 0. The molecule has 0 aliphatic rings. The molecule has 2 rings (SSSR count). The number of nitro groups is 1. The lowest BCUT2D eigenvalue weighted by Crippen LogP contribution is -2.23. The quantitative estimate of drug-likeness (QED) is 0.365. The van der Waals surface area contributed by atoms with E-state index in [0.29, 0.717) is 12.4 Å². The molecule has 0 saturated heterocycles. The zero-order valence-corrected chi connectivity index (χ0v) is 12.8. The molecule has 0 radical (unpaired) electrons. The van der Waals surface area contributed by atoms with Gasteiger partial charge in [0.15, 0.2) is 5.11 Å². The SMILES string of the molecule is NC(=S)N/N=C\c1cccc(OCc2ccc([N+](=O)[O-])cc2)c1. The van der Waals surface area contributed by atoms with Gasteiger partial charge in [-0.2, -0.15) is 5.10 Å². The smallest absolute Gasteiger partial charge is 0.269 e. The lowest BCUT2D eigenvalue weighted by Gasteiger charge is -2.07. The molecule has 0 heterocycles. The Morgan fingerprint density at radius 3 is 2.74 bits per heavy atom. The maximum Gasteiger partial charge on any atom is 0.269 e. The Morgan fingerprint density at radius 2 is 2.09 bits per heavy atom. The fraction of sp³-hybridized carbons (Fsp3) is 0.0667. The normalized spacial score (nSPS) is 10.4. The van der Waals surface area contributed by atoms with Crippen LogP contribution in [0.3, 0.4) is 0 Å². The summed E-state index contributed by atoms with van der Waals surface area (Å²) in [4.78, 5) is 10.2. The first-order valence-corrected chi connectivity index (χ1v) is 7.00. The van der Waals surface area contributed by atoms with E-state index in [2.05, 4.69) is 22.7 Å². The number of nitrogens with one attached hydrogen (secondary N) is 1. The number of hydrogen-bond acceptors (Lipinski definition) is 5. The molecule has 0 aliphatic heterocycles. The minimum Gasteiger partial charge on any atom is -0.489 e. The zero-order valence-electron chi connectivity index (χ0n) is 12.0. The van der Waals surface area contributed by atoms with E-state index in [-0.39, 0.29) is 10.8 Å². The van der Waals surface area contributed by atoms with Crippen molar-refractivity contribution >= 4 is 29.2 Å². The average Bonchev–Trinajstić information content (AvgIpc) is 2.53. The van der Waals surface area contributed by atoms with Gasteiger partial charge in [-0.15, -0.1) is 0 Å². The van der Waals surface area contributed by atoms with Crippen molar-refractivity contribution in [3.05, 3.63) is 69.8 Å². The van der Waals surface area contributed by atoms with Crippen molar-refractivity contribution in [3.8, 4) is 5.75 Å². The van der Waals surface area contributed by atoms with Crippen molar-refractivity contribution in [2.75, 3.05) is 0 Å². The number of hydrogen-bond donors (Lipinski definition) is 2. The standard InChI is InChI=1S/C15H14N4O3S/c16-15(23)18-17-9-12-2-1-3-14(8-12)22-10-11-4-6-13(7-5-11)19(20)21/h1-9H,10H2,(H3,16,18,23)/b17-9-. The summed E-state index contributed by atoms with van der Waals surface area (Å²) in [6.45, 7) is 0.309. The van der Waals surface area contributed by atoms with E-state index >= 15 is 0 Å². The van der Waals surface area contributed by atoms with Gasteiger partial charge in [-0.25, -0.2) is 0 Å². The van der Waals surface area contributed by atoms with Crippen LogP contribution in [0.1, 0.15) is 11.1 Å². The highest BCUT2D eigenvalue weighted by molar-refractivity contribution is 7.80. The number of benzene rings is 2. The molecule has 8 heteroatoms. The summed E-state index contributed by atoms with van der Waals surface area (Å²) in [5, 5.41) is 14.6. The predicted molar refractivity (Wildman–Crippen MR) is 91.4 cm³/mol. The topological polar surface area (TPSA) is 103 Å². The van der Waals surface area contributed by atoms with Gasteiger partial charge in [0.05, 0.1) is 11.1 Å². The van der Waals surface area contributed by atoms with Crippen LogP contribution in [0.5, 0.6) is 5.75 Å². The predicted octanol–water partition coefficient (Wildman–Crippen LogP) is 2.34. The Hall–Kier alpha value is -3.00. The summed E-state index contributed by atoms with van der Waals surface area (Å²) < 4.78 is 5.66. The minimum absolute atomic E-state index is 0.0530. The first-order valence-electron chi connectivity index (χ1n) is 6.59. The van der Waals surface area contributed by atoms with Crippen LogP contribution < -0.4 is 15.9 Å². The first kappa shape index (κ1) is 16.4. The monoisotopic (exact) mass is 330 g/mol. The number of nitrogens with two attached hydrogens (primary N) is 1. The lowest BCUT2D eigenvalue weighted by atomic mass is 10.2. The van der Waals surface area contributed by atoms with Crippen molar-refractivity contribution in [2.45, 2.75) is 6.61 Å². The summed E-state index contributed by atoms with van der Waals surface area (Å²) in [5.41, 5.74) is 9.44. The molecule has 0 amide bonds. The summed E-state index contributed by atoms with van der Waals surface area (Å²) in [6, 6.07) is 13.5. The minimum atomic E-state index is -0.436. The van der Waals surface area contributed by atoms with E-state index < -0.39 is 4.92 Å². The van der Waals surface area contributed by atoms with Crippen molar-refractivity contribution in [1.29, 1.82) is 0 Å². The van der Waals surface area contributed by atoms with Crippen LogP contribution in [0.2, 0.25) is 0 Å². The molecule has 2 aromatic rings. The second-order valence-electron chi connectivity index (χ2n) is 4.52. The molecule has 0 saturated carbocycles. The fourth-order valence-electron chi connectivity index (χ4n) is 1.74. The number of rotatable bonds is 6. The highest BCUT2D eigenvalue weighted by atomic mass is 32.1. The molecule has 2 aromatic carbocycles. The third-order valence-corrected chi connectivity index (χ3v) is 2.89. The van der Waals surface area contributed by atoms with Crippen LogP contribution in [0.15, 0.2) is 53.6 Å². The van der Waals surface area contributed by atoms with Gasteiger partial charge < -0.3 is 10.5 Å². The molecule has 0 atom stereocenters. The van der Waals surface area contributed by atoms with Crippen LogP contribution >= 0.6 is 12.2 Å². The van der Waals surface area contributed by atoms with E-state index in [4.69, 9.17) is 10.5 Å². The zero-order chi connectivity index (χ0) is 16.7. The average molecular weight is 330 g/mol. The first-order chi connectivity index (χ1) is 11.0. The Bertz CT molecular complexity index is 732. The van der Waals surface area contributed by atoms with E-state index in [0.717, 1.165) is 11.1 Å². The summed E-state index contributed by atoms with van der Waals surface area (Å²) in [6.07, 6.45) is 1.57. The van der Waals surface area contributed by atoms with Gasteiger partial charge in [0.25, 0.3) is 5.69 Å². The van der Waals surface area contributed by atoms with Gasteiger partial charge in [-0.1, -0.05) is 12.1 Å². The van der Waals surface area contributed by atoms with E-state index in [1.165, 1.54) is 12.1 Å². The molecular formula is C15H14N4O3S. The maximum absolute atomic E-state index is 10.6. The van der Waals surface area contributed by atoms with Crippen molar-refractivity contribution in [2.24, 2.45) is 10.8 Å². The Balaban J connectivity index is 1.96. The maximum atomic E-state index is 10.6. The van der Waals surface area contributed by atoms with Gasteiger partial charge >= 0.3 is 0 Å². The van der Waals surface area contributed by atoms with Crippen LogP contribution in [0, 0.1) is 10.1 Å². The van der Waals surface area contributed by atoms with E-state index in [1.807, 2.05) is 18.2 Å². The highest BCUT2D eigenvalue weighted by Gasteiger charge is 2.04. The van der Waals surface area contributed by atoms with Gasteiger partial charge in [-0.05, 0) is 47.6 Å². The van der Waals surface area contributed by atoms with Crippen LogP contribution in [-0.2, 0) is 6.61 Å². The van der Waals surface area contributed by atoms with Crippen LogP contribution in [-0.4, -0.2) is 16.3 Å². The molecule has 118 valence electrons. The third kappa shape index (κ3) is 5.36. The van der Waals surface area contributed by atoms with E-state index in [9.17, 15) is 10.1 Å². The number of hydrazone groups is 1. The Labute approximate surface area is 137 Å². The summed E-state index contributed by atoms with van der Waals surface area (Å²) in [5.74, 6) is 0.655. The van der Waals surface area contributed by atoms with Crippen LogP contribution in [0.4, 0.5) is 5.69 Å². The van der Waals surface area contributed by atoms with Crippen molar-refractivity contribution < 1.29 is 9.66 Å². The molecule has 0 spiro atoms. The third-order valence-electron chi connectivity index (χ3n) is 2.80. The van der Waals surface area contributed by atoms with E-state index in [1.54, 1.807) is 24.4 Å². The summed E-state index contributed by atoms with van der Waals surface area (Å²) >= 11 is 4.64. The molecular weight excluding hydrogens is 316 g/mol. The second kappa shape index (κ2) is 7.85. The number of non-ortho nitro benzene ring substituents is 1.